The fraction of sp³-hybridized carbons (Fsp3) is 0.500. The molecular weight excluding hydrogens is 370 g/mol. The maximum absolute atomic E-state index is 12.8. The molecule has 0 amide bonds. The van der Waals surface area contributed by atoms with Crippen molar-refractivity contribution in [2.24, 2.45) is 0 Å². The maximum atomic E-state index is 12.8. The van der Waals surface area contributed by atoms with E-state index in [-0.39, 0.29) is 47.1 Å². The lowest BCUT2D eigenvalue weighted by molar-refractivity contribution is 0.0194. The van der Waals surface area contributed by atoms with Crippen molar-refractivity contribution in [1.82, 2.24) is 19.4 Å². The Labute approximate surface area is 148 Å². The Morgan fingerprint density at radius 3 is 2.92 bits per heavy atom. The van der Waals surface area contributed by atoms with Crippen molar-refractivity contribution in [2.75, 3.05) is 18.8 Å². The fourth-order valence-electron chi connectivity index (χ4n) is 2.85. The molecule has 3 N–H and O–H groups in total. The number of hydrogen-bond acceptors (Lipinski definition) is 8. The summed E-state index contributed by atoms with van der Waals surface area (Å²) in [5, 5.41) is 14.8. The summed E-state index contributed by atoms with van der Waals surface area (Å²) in [6.07, 6.45) is 3.42. The monoisotopic (exact) mass is 385 g/mol. The zero-order valence-corrected chi connectivity index (χ0v) is 14.7. The van der Waals surface area contributed by atoms with Crippen molar-refractivity contribution in [1.29, 1.82) is 0 Å². The summed E-state index contributed by atoms with van der Waals surface area (Å²) < 4.78 is 31.9. The fourth-order valence-corrected chi connectivity index (χ4v) is 4.66. The zero-order chi connectivity index (χ0) is 17.8. The van der Waals surface area contributed by atoms with Gasteiger partial charge in [0, 0.05) is 25.1 Å². The Hall–Kier alpha value is -1.75. The molecule has 11 heteroatoms. The highest BCUT2D eigenvalue weighted by atomic mass is 35.5. The molecular formula is C14H16ClN5O4S. The SMILES string of the molecule is Nc1ncc(Cl)cc1S(=O)(=O)N1CC[C@@](O)(c2nc(C3CC3)no2)C1. The lowest BCUT2D eigenvalue weighted by Crippen LogP contribution is -2.35. The second-order valence-electron chi connectivity index (χ2n) is 6.39. The molecule has 134 valence electrons. The predicted molar refractivity (Wildman–Crippen MR) is 87.2 cm³/mol. The van der Waals surface area contributed by atoms with Gasteiger partial charge in [-0.25, -0.2) is 13.4 Å². The van der Waals surface area contributed by atoms with E-state index in [2.05, 4.69) is 15.1 Å². The first kappa shape index (κ1) is 16.7. The summed E-state index contributed by atoms with van der Waals surface area (Å²) in [7, 11) is -3.96. The third kappa shape index (κ3) is 2.88. The van der Waals surface area contributed by atoms with Gasteiger partial charge in [0.25, 0.3) is 5.89 Å². The van der Waals surface area contributed by atoms with Crippen LogP contribution in [0, 0.1) is 0 Å². The van der Waals surface area contributed by atoms with Crippen LogP contribution in [0.25, 0.3) is 0 Å². The highest BCUT2D eigenvalue weighted by Gasteiger charge is 2.47. The van der Waals surface area contributed by atoms with E-state index in [0.717, 1.165) is 17.1 Å². The standard InChI is InChI=1S/C14H16ClN5O4S/c15-9-5-10(11(16)17-6-9)25(22,23)20-4-3-14(21,7-20)13-18-12(19-24-13)8-1-2-8/h5-6,8,21H,1-4,7H2,(H2,16,17)/t14-/m0/s1. The van der Waals surface area contributed by atoms with Crippen molar-refractivity contribution >= 4 is 27.4 Å². The molecule has 0 bridgehead atoms. The van der Waals surface area contributed by atoms with Gasteiger partial charge in [0.15, 0.2) is 11.4 Å². The van der Waals surface area contributed by atoms with Gasteiger partial charge in [0.1, 0.15) is 10.7 Å². The van der Waals surface area contributed by atoms with Crippen LogP contribution in [0.1, 0.15) is 36.9 Å². The van der Waals surface area contributed by atoms with E-state index in [0.29, 0.717) is 5.82 Å². The average Bonchev–Trinajstić information content (AvgIpc) is 3.13. The molecule has 2 aromatic rings. The number of nitrogen functional groups attached to an aromatic ring is 1. The van der Waals surface area contributed by atoms with Gasteiger partial charge in [0.2, 0.25) is 10.0 Å². The minimum atomic E-state index is -3.96. The summed E-state index contributed by atoms with van der Waals surface area (Å²) in [6.45, 7) is -0.112. The van der Waals surface area contributed by atoms with Crippen LogP contribution >= 0.6 is 11.6 Å². The third-order valence-corrected chi connectivity index (χ3v) is 6.54. The first-order valence-corrected chi connectivity index (χ1v) is 9.59. The molecule has 2 fully saturated rings. The van der Waals surface area contributed by atoms with Gasteiger partial charge in [-0.15, -0.1) is 0 Å². The quantitative estimate of drug-likeness (QED) is 0.790. The van der Waals surface area contributed by atoms with Gasteiger partial charge in [-0.1, -0.05) is 16.8 Å². The smallest absolute Gasteiger partial charge is 0.260 e. The van der Waals surface area contributed by atoms with E-state index in [1.54, 1.807) is 0 Å². The van der Waals surface area contributed by atoms with Gasteiger partial charge in [-0.3, -0.25) is 0 Å². The number of halogens is 1. The minimum Gasteiger partial charge on any atom is -0.383 e. The normalized spacial score (nSPS) is 24.7. The first-order valence-electron chi connectivity index (χ1n) is 7.77. The Balaban J connectivity index is 1.61. The molecule has 0 spiro atoms. The number of rotatable bonds is 4. The predicted octanol–water partition coefficient (Wildman–Crippen LogP) is 0.860. The van der Waals surface area contributed by atoms with Crippen LogP contribution in [0.5, 0.6) is 0 Å². The Morgan fingerprint density at radius 2 is 2.20 bits per heavy atom. The van der Waals surface area contributed by atoms with E-state index in [4.69, 9.17) is 21.9 Å². The van der Waals surface area contributed by atoms with Crippen LogP contribution in [0.15, 0.2) is 21.7 Å². The van der Waals surface area contributed by atoms with E-state index in [1.807, 2.05) is 0 Å². The van der Waals surface area contributed by atoms with E-state index < -0.39 is 15.6 Å². The van der Waals surface area contributed by atoms with Gasteiger partial charge in [0.05, 0.1) is 11.6 Å². The number of pyridine rings is 1. The van der Waals surface area contributed by atoms with Crippen molar-refractivity contribution in [3.05, 3.63) is 29.0 Å². The highest BCUT2D eigenvalue weighted by molar-refractivity contribution is 7.89. The molecule has 0 aromatic carbocycles. The average molecular weight is 386 g/mol. The van der Waals surface area contributed by atoms with Crippen molar-refractivity contribution in [2.45, 2.75) is 35.7 Å². The number of sulfonamides is 1. The molecule has 1 aliphatic heterocycles. The second kappa shape index (κ2) is 5.63. The number of aliphatic hydroxyl groups is 1. The number of aromatic nitrogens is 3. The molecule has 1 saturated carbocycles. The van der Waals surface area contributed by atoms with Crippen LogP contribution in [0.4, 0.5) is 5.82 Å². The van der Waals surface area contributed by atoms with Crippen LogP contribution in [0.2, 0.25) is 5.02 Å². The first-order chi connectivity index (χ1) is 11.8. The summed E-state index contributed by atoms with van der Waals surface area (Å²) in [4.78, 5) is 7.83. The lowest BCUT2D eigenvalue weighted by Gasteiger charge is -2.20. The number of nitrogens with zero attached hydrogens (tertiary/aromatic N) is 4. The van der Waals surface area contributed by atoms with Crippen molar-refractivity contribution < 1.29 is 18.0 Å². The lowest BCUT2D eigenvalue weighted by atomic mass is 10.0. The largest absolute Gasteiger partial charge is 0.383 e. The Bertz CT molecular complexity index is 929. The molecule has 3 heterocycles. The van der Waals surface area contributed by atoms with E-state index in [9.17, 15) is 13.5 Å². The molecule has 9 nitrogen and oxygen atoms in total. The highest BCUT2D eigenvalue weighted by Crippen LogP contribution is 2.40. The van der Waals surface area contributed by atoms with Crippen LogP contribution in [-0.2, 0) is 15.6 Å². The summed E-state index contributed by atoms with van der Waals surface area (Å²) in [5.74, 6) is 0.741. The second-order valence-corrected chi connectivity index (χ2v) is 8.73. The van der Waals surface area contributed by atoms with Crippen LogP contribution in [-0.4, -0.2) is 46.0 Å². The van der Waals surface area contributed by atoms with E-state index >= 15 is 0 Å². The van der Waals surface area contributed by atoms with Crippen LogP contribution in [0.3, 0.4) is 0 Å². The number of β-amino-alcohol motifs (C(OH)–C–C–N with tert-alkyl or cyclic N) is 1. The summed E-state index contributed by atoms with van der Waals surface area (Å²) in [5.41, 5.74) is 4.17. The molecule has 4 rings (SSSR count). The van der Waals surface area contributed by atoms with Gasteiger partial charge in [-0.05, 0) is 18.9 Å². The number of hydrogen-bond donors (Lipinski definition) is 2. The molecule has 0 radical (unpaired) electrons. The third-order valence-electron chi connectivity index (χ3n) is 4.46. The number of anilines is 1. The van der Waals surface area contributed by atoms with Crippen molar-refractivity contribution in [3.8, 4) is 0 Å². The van der Waals surface area contributed by atoms with Crippen LogP contribution < -0.4 is 5.73 Å². The summed E-state index contributed by atoms with van der Waals surface area (Å²) in [6, 6.07) is 1.24. The molecule has 1 aliphatic carbocycles. The topological polar surface area (TPSA) is 135 Å². The summed E-state index contributed by atoms with van der Waals surface area (Å²) >= 11 is 5.84. The van der Waals surface area contributed by atoms with E-state index in [1.165, 1.54) is 12.3 Å². The maximum Gasteiger partial charge on any atom is 0.260 e. The molecule has 0 unspecified atom stereocenters. The molecule has 2 aromatic heterocycles. The Kier molecular flexibility index (Phi) is 3.76. The molecule has 1 atom stereocenters. The minimum absolute atomic E-state index is 0.0456. The Morgan fingerprint density at radius 1 is 1.44 bits per heavy atom. The van der Waals surface area contributed by atoms with Crippen molar-refractivity contribution in [3.63, 3.8) is 0 Å². The zero-order valence-electron chi connectivity index (χ0n) is 13.1. The van der Waals surface area contributed by atoms with Gasteiger partial charge >= 0.3 is 0 Å². The van der Waals surface area contributed by atoms with Gasteiger partial charge in [-0.2, -0.15) is 9.29 Å². The van der Waals surface area contributed by atoms with Gasteiger partial charge < -0.3 is 15.4 Å². The molecule has 2 aliphatic rings. The molecule has 1 saturated heterocycles. The number of nitrogens with two attached hydrogens (primary N) is 1. The molecule has 25 heavy (non-hydrogen) atoms.